The molecule has 0 aliphatic heterocycles. The van der Waals surface area contributed by atoms with E-state index >= 15 is 0 Å². The van der Waals surface area contributed by atoms with Crippen LogP contribution in [0.4, 0.5) is 0 Å². The first-order valence-electron chi connectivity index (χ1n) is 11.3. The van der Waals surface area contributed by atoms with E-state index in [9.17, 15) is 4.79 Å². The topological polar surface area (TPSA) is 47.6 Å². The van der Waals surface area contributed by atoms with E-state index in [0.29, 0.717) is 19.8 Å². The van der Waals surface area contributed by atoms with Gasteiger partial charge < -0.3 is 14.8 Å². The highest BCUT2D eigenvalue weighted by Crippen LogP contribution is 2.30. The fourth-order valence-corrected chi connectivity index (χ4v) is 4.65. The Balaban J connectivity index is 1.19. The van der Waals surface area contributed by atoms with E-state index in [0.717, 1.165) is 30.8 Å². The summed E-state index contributed by atoms with van der Waals surface area (Å²) in [7, 11) is 0. The Hall–Kier alpha value is -3.31. The lowest BCUT2D eigenvalue weighted by Crippen LogP contribution is -2.22. The highest BCUT2D eigenvalue weighted by molar-refractivity contribution is 7.17. The Labute approximate surface area is 199 Å². The predicted molar refractivity (Wildman–Crippen MR) is 136 cm³/mol. The number of fused-ring (bicyclic) bond motifs is 1. The molecule has 4 rings (SSSR count). The molecular formula is C28H29NO3S. The van der Waals surface area contributed by atoms with Crippen molar-refractivity contribution in [2.24, 2.45) is 0 Å². The molecule has 33 heavy (non-hydrogen) atoms. The van der Waals surface area contributed by atoms with Gasteiger partial charge in [-0.3, -0.25) is 4.79 Å². The Morgan fingerprint density at radius 3 is 2.24 bits per heavy atom. The van der Waals surface area contributed by atoms with Gasteiger partial charge in [-0.1, -0.05) is 42.5 Å². The van der Waals surface area contributed by atoms with Crippen LogP contribution in [0, 0.1) is 0 Å². The van der Waals surface area contributed by atoms with Gasteiger partial charge in [0.25, 0.3) is 0 Å². The molecule has 1 amide bonds. The second-order valence-electron chi connectivity index (χ2n) is 7.95. The van der Waals surface area contributed by atoms with E-state index in [-0.39, 0.29) is 5.91 Å². The smallest absolute Gasteiger partial charge is 0.216 e. The molecule has 1 N–H and O–H groups in total. The van der Waals surface area contributed by atoms with Crippen molar-refractivity contribution in [3.63, 3.8) is 0 Å². The Kier molecular flexibility index (Phi) is 7.99. The number of carbonyl (C=O) groups is 1. The first-order chi connectivity index (χ1) is 16.2. The molecule has 0 aliphatic carbocycles. The minimum Gasteiger partial charge on any atom is -0.494 e. The molecule has 0 atom stereocenters. The van der Waals surface area contributed by atoms with E-state index in [1.165, 1.54) is 26.8 Å². The summed E-state index contributed by atoms with van der Waals surface area (Å²) in [5.74, 6) is 1.79. The average Bonchev–Trinajstić information content (AvgIpc) is 3.24. The summed E-state index contributed by atoms with van der Waals surface area (Å²) < 4.78 is 13.1. The number of hydrogen-bond donors (Lipinski definition) is 1. The summed E-state index contributed by atoms with van der Waals surface area (Å²) in [6, 6.07) is 24.8. The number of ether oxygens (including phenoxy) is 2. The Bertz CT molecular complexity index is 1170. The van der Waals surface area contributed by atoms with Crippen LogP contribution in [0.3, 0.4) is 0 Å². The molecule has 0 bridgehead atoms. The lowest BCUT2D eigenvalue weighted by atomic mass is 10.1. The summed E-state index contributed by atoms with van der Waals surface area (Å²) in [6.45, 7) is 3.53. The molecule has 3 aromatic carbocycles. The molecule has 170 valence electrons. The van der Waals surface area contributed by atoms with Gasteiger partial charge in [-0.05, 0) is 77.1 Å². The summed E-state index contributed by atoms with van der Waals surface area (Å²) in [4.78, 5) is 11.1. The number of thiophene rings is 1. The quantitative estimate of drug-likeness (QED) is 0.261. The Morgan fingerprint density at radius 1 is 0.848 bits per heavy atom. The predicted octanol–water partition coefficient (Wildman–Crippen LogP) is 6.48. The van der Waals surface area contributed by atoms with Crippen LogP contribution in [0.2, 0.25) is 0 Å². The van der Waals surface area contributed by atoms with Crippen LogP contribution in [0.15, 0.2) is 78.2 Å². The van der Waals surface area contributed by atoms with Gasteiger partial charge >= 0.3 is 0 Å². The Morgan fingerprint density at radius 2 is 1.52 bits per heavy atom. The fraction of sp³-hybridized carbons (Fsp3) is 0.250. The first kappa shape index (κ1) is 22.9. The standard InChI is InChI=1S/C28H29NO3S/c1-21(30)29-16-15-24-20-33-28-14-13-26(19-27(24)28)32-18-6-5-17-31-25-11-9-23(10-12-25)22-7-3-2-4-8-22/h2-4,7-14,19-20H,5-6,15-18H2,1H3,(H,29,30). The first-order valence-corrected chi connectivity index (χ1v) is 12.2. The zero-order valence-electron chi connectivity index (χ0n) is 18.9. The van der Waals surface area contributed by atoms with Crippen molar-refractivity contribution >= 4 is 27.3 Å². The van der Waals surface area contributed by atoms with E-state index in [1.807, 2.05) is 36.4 Å². The van der Waals surface area contributed by atoms with Crippen LogP contribution in [0.1, 0.15) is 25.3 Å². The van der Waals surface area contributed by atoms with Gasteiger partial charge in [0.05, 0.1) is 13.2 Å². The molecule has 0 fully saturated rings. The minimum atomic E-state index is 0.00624. The maximum Gasteiger partial charge on any atom is 0.216 e. The summed E-state index contributed by atoms with van der Waals surface area (Å²) in [5.41, 5.74) is 3.65. The second kappa shape index (κ2) is 11.5. The summed E-state index contributed by atoms with van der Waals surface area (Å²) in [5, 5.41) is 6.24. The van der Waals surface area contributed by atoms with Crippen LogP contribution < -0.4 is 14.8 Å². The molecule has 5 heteroatoms. The zero-order chi connectivity index (χ0) is 22.9. The monoisotopic (exact) mass is 459 g/mol. The molecule has 0 spiro atoms. The van der Waals surface area contributed by atoms with Gasteiger partial charge in [-0.25, -0.2) is 0 Å². The normalized spacial score (nSPS) is 10.8. The molecule has 0 aliphatic rings. The zero-order valence-corrected chi connectivity index (χ0v) is 19.7. The van der Waals surface area contributed by atoms with E-state index in [1.54, 1.807) is 18.3 Å². The van der Waals surface area contributed by atoms with Gasteiger partial charge in [-0.2, -0.15) is 0 Å². The SMILES string of the molecule is CC(=O)NCCc1csc2ccc(OCCCCOc3ccc(-c4ccccc4)cc3)cc12. The number of nitrogens with one attached hydrogen (secondary N) is 1. The molecule has 0 saturated carbocycles. The van der Waals surface area contributed by atoms with Crippen molar-refractivity contribution in [1.29, 1.82) is 0 Å². The van der Waals surface area contributed by atoms with Crippen LogP contribution in [-0.4, -0.2) is 25.7 Å². The number of hydrogen-bond acceptors (Lipinski definition) is 4. The fourth-order valence-electron chi connectivity index (χ4n) is 3.68. The van der Waals surface area contributed by atoms with Crippen LogP contribution in [-0.2, 0) is 11.2 Å². The number of carbonyl (C=O) groups excluding carboxylic acids is 1. The third kappa shape index (κ3) is 6.59. The van der Waals surface area contributed by atoms with E-state index in [2.05, 4.69) is 47.1 Å². The van der Waals surface area contributed by atoms with Crippen molar-refractivity contribution in [3.8, 4) is 22.6 Å². The average molecular weight is 460 g/mol. The molecule has 1 heterocycles. The van der Waals surface area contributed by atoms with Gasteiger partial charge in [-0.15, -0.1) is 11.3 Å². The maximum atomic E-state index is 11.1. The minimum absolute atomic E-state index is 0.00624. The lowest BCUT2D eigenvalue weighted by Gasteiger charge is -2.09. The number of benzene rings is 3. The maximum absolute atomic E-state index is 11.1. The van der Waals surface area contributed by atoms with Gasteiger partial charge in [0.2, 0.25) is 5.91 Å². The van der Waals surface area contributed by atoms with Crippen molar-refractivity contribution in [1.82, 2.24) is 5.32 Å². The lowest BCUT2D eigenvalue weighted by molar-refractivity contribution is -0.118. The second-order valence-corrected chi connectivity index (χ2v) is 8.86. The largest absolute Gasteiger partial charge is 0.494 e. The molecule has 4 nitrogen and oxygen atoms in total. The molecule has 4 aromatic rings. The molecule has 1 aromatic heterocycles. The van der Waals surface area contributed by atoms with Crippen LogP contribution >= 0.6 is 11.3 Å². The highest BCUT2D eigenvalue weighted by Gasteiger charge is 2.06. The number of rotatable bonds is 11. The van der Waals surface area contributed by atoms with Crippen LogP contribution in [0.25, 0.3) is 21.2 Å². The van der Waals surface area contributed by atoms with Gasteiger partial charge in [0.15, 0.2) is 0 Å². The molecule has 0 unspecified atom stereocenters. The van der Waals surface area contributed by atoms with E-state index in [4.69, 9.17) is 9.47 Å². The van der Waals surface area contributed by atoms with Gasteiger partial charge in [0.1, 0.15) is 11.5 Å². The molecule has 0 saturated heterocycles. The van der Waals surface area contributed by atoms with Crippen molar-refractivity contribution < 1.29 is 14.3 Å². The highest BCUT2D eigenvalue weighted by atomic mass is 32.1. The van der Waals surface area contributed by atoms with Crippen molar-refractivity contribution in [2.45, 2.75) is 26.2 Å². The summed E-state index contributed by atoms with van der Waals surface area (Å²) >= 11 is 1.73. The number of amides is 1. The molecule has 0 radical (unpaired) electrons. The van der Waals surface area contributed by atoms with Gasteiger partial charge in [0, 0.05) is 18.2 Å². The van der Waals surface area contributed by atoms with Crippen molar-refractivity contribution in [2.75, 3.05) is 19.8 Å². The third-order valence-electron chi connectivity index (χ3n) is 5.43. The van der Waals surface area contributed by atoms with Crippen molar-refractivity contribution in [3.05, 3.63) is 83.7 Å². The van der Waals surface area contributed by atoms with Crippen LogP contribution in [0.5, 0.6) is 11.5 Å². The number of unbranched alkanes of at least 4 members (excludes halogenated alkanes) is 1. The molecular weight excluding hydrogens is 430 g/mol. The third-order valence-corrected chi connectivity index (χ3v) is 6.44. The summed E-state index contributed by atoms with van der Waals surface area (Å²) in [6.07, 6.45) is 2.69. The van der Waals surface area contributed by atoms with E-state index < -0.39 is 0 Å².